The van der Waals surface area contributed by atoms with Gasteiger partial charge < -0.3 is 5.32 Å². The van der Waals surface area contributed by atoms with Crippen molar-refractivity contribution in [3.63, 3.8) is 0 Å². The molecule has 0 aromatic rings. The fraction of sp³-hybridized carbons (Fsp3) is 0.444. The van der Waals surface area contributed by atoms with Gasteiger partial charge in [-0.1, -0.05) is 6.08 Å². The van der Waals surface area contributed by atoms with Crippen LogP contribution in [0, 0.1) is 12.3 Å². The average Bonchev–Trinajstić information content (AvgIpc) is 1.97. The molecule has 0 aromatic heterocycles. The molecule has 1 N–H and O–H groups in total. The van der Waals surface area contributed by atoms with E-state index in [1.54, 1.807) is 0 Å². The third-order valence-corrected chi connectivity index (χ3v) is 1.22. The highest BCUT2D eigenvalue weighted by Gasteiger charge is 1.95. The van der Waals surface area contributed by atoms with E-state index in [0.29, 0.717) is 6.42 Å². The molecule has 0 aliphatic rings. The first kappa shape index (κ1) is 9.77. The Morgan fingerprint density at radius 1 is 1.73 bits per heavy atom. The number of nitrogens with one attached hydrogen (secondary N) is 1. The normalized spacial score (nSPS) is 10.5. The number of carbonyl (C=O) groups is 1. The second kappa shape index (κ2) is 5.55. The number of carbonyl (C=O) groups excluding carboxylic acids is 1. The molecule has 0 radical (unpaired) electrons. The van der Waals surface area contributed by atoms with Gasteiger partial charge in [-0.25, -0.2) is 0 Å². The number of amides is 1. The fourth-order valence-electron chi connectivity index (χ4n) is 0.712. The van der Waals surface area contributed by atoms with Gasteiger partial charge in [0.15, 0.2) is 0 Å². The molecule has 0 aliphatic carbocycles. The molecule has 0 rings (SSSR count). The molecule has 0 aromatic carbocycles. The fourth-order valence-corrected chi connectivity index (χ4v) is 0.712. The summed E-state index contributed by atoms with van der Waals surface area (Å²) in [6, 6.07) is 0. The van der Waals surface area contributed by atoms with Crippen LogP contribution in [0.2, 0.25) is 0 Å². The molecule has 0 heterocycles. The lowest BCUT2D eigenvalue weighted by Crippen LogP contribution is -2.18. The maximum atomic E-state index is 10.6. The van der Waals surface area contributed by atoms with Crippen molar-refractivity contribution in [2.75, 3.05) is 0 Å². The summed E-state index contributed by atoms with van der Waals surface area (Å²) in [4.78, 5) is 10.6. The topological polar surface area (TPSA) is 29.1 Å². The molecule has 11 heavy (non-hydrogen) atoms. The predicted molar refractivity (Wildman–Crippen MR) is 45.6 cm³/mol. The molecule has 0 saturated heterocycles. The molecule has 0 fully saturated rings. The Kier molecular flexibility index (Phi) is 4.93. The van der Waals surface area contributed by atoms with Gasteiger partial charge >= 0.3 is 0 Å². The van der Waals surface area contributed by atoms with Crippen LogP contribution in [-0.4, -0.2) is 5.91 Å². The smallest absolute Gasteiger partial charge is 0.220 e. The second-order valence-electron chi connectivity index (χ2n) is 2.20. The van der Waals surface area contributed by atoms with E-state index in [4.69, 9.17) is 6.42 Å². The molecule has 0 atom stereocenters. The SMILES string of the molecule is C#CCCC(=CC)NC(C)=O. The summed E-state index contributed by atoms with van der Waals surface area (Å²) in [5.41, 5.74) is 0.899. The molecule has 2 nitrogen and oxygen atoms in total. The van der Waals surface area contributed by atoms with Crippen LogP contribution < -0.4 is 5.32 Å². The molecule has 60 valence electrons. The third-order valence-electron chi connectivity index (χ3n) is 1.22. The van der Waals surface area contributed by atoms with Crippen LogP contribution in [0.15, 0.2) is 11.8 Å². The van der Waals surface area contributed by atoms with E-state index in [2.05, 4.69) is 11.2 Å². The van der Waals surface area contributed by atoms with Gasteiger partial charge in [0.1, 0.15) is 0 Å². The van der Waals surface area contributed by atoms with Crippen molar-refractivity contribution >= 4 is 5.91 Å². The highest BCUT2D eigenvalue weighted by Crippen LogP contribution is 1.99. The molecule has 0 aliphatic heterocycles. The van der Waals surface area contributed by atoms with Crippen molar-refractivity contribution < 1.29 is 4.79 Å². The predicted octanol–water partition coefficient (Wildman–Crippen LogP) is 1.44. The minimum atomic E-state index is -0.0462. The molecule has 0 spiro atoms. The zero-order valence-corrected chi connectivity index (χ0v) is 6.98. The first-order valence-electron chi connectivity index (χ1n) is 3.57. The van der Waals surface area contributed by atoms with E-state index in [-0.39, 0.29) is 5.91 Å². The summed E-state index contributed by atoms with van der Waals surface area (Å²) < 4.78 is 0. The summed E-state index contributed by atoms with van der Waals surface area (Å²) in [5.74, 6) is 2.47. The number of terminal acetylenes is 1. The molecule has 0 bridgehead atoms. The molecule has 2 heteroatoms. The van der Waals surface area contributed by atoms with E-state index in [9.17, 15) is 4.79 Å². The van der Waals surface area contributed by atoms with E-state index in [0.717, 1.165) is 12.1 Å². The molecular formula is C9H13NO. The van der Waals surface area contributed by atoms with Crippen LogP contribution in [-0.2, 0) is 4.79 Å². The highest BCUT2D eigenvalue weighted by molar-refractivity contribution is 5.74. The molecule has 0 unspecified atom stereocenters. The van der Waals surface area contributed by atoms with Crippen molar-refractivity contribution in [1.29, 1.82) is 0 Å². The van der Waals surface area contributed by atoms with Crippen molar-refractivity contribution in [1.82, 2.24) is 5.32 Å². The minimum absolute atomic E-state index is 0.0462. The number of rotatable bonds is 3. The standard InChI is InChI=1S/C9H13NO/c1-4-6-7-9(5-2)10-8(3)11/h1,5H,6-7H2,2-3H3,(H,10,11). The first-order valence-corrected chi connectivity index (χ1v) is 3.57. The van der Waals surface area contributed by atoms with Crippen LogP contribution in [0.25, 0.3) is 0 Å². The van der Waals surface area contributed by atoms with Crippen LogP contribution in [0.5, 0.6) is 0 Å². The van der Waals surface area contributed by atoms with Crippen molar-refractivity contribution in [2.45, 2.75) is 26.7 Å². The van der Waals surface area contributed by atoms with Gasteiger partial charge in [0.2, 0.25) is 5.91 Å². The Hall–Kier alpha value is -1.23. The maximum Gasteiger partial charge on any atom is 0.220 e. The Bertz CT molecular complexity index is 198. The van der Waals surface area contributed by atoms with Crippen LogP contribution in [0.1, 0.15) is 26.7 Å². The van der Waals surface area contributed by atoms with Crippen LogP contribution in [0.4, 0.5) is 0 Å². The lowest BCUT2D eigenvalue weighted by atomic mass is 10.2. The van der Waals surface area contributed by atoms with Crippen LogP contribution in [0.3, 0.4) is 0 Å². The largest absolute Gasteiger partial charge is 0.330 e. The van der Waals surface area contributed by atoms with E-state index >= 15 is 0 Å². The molecular weight excluding hydrogens is 138 g/mol. The lowest BCUT2D eigenvalue weighted by molar-refractivity contribution is -0.118. The quantitative estimate of drug-likeness (QED) is 0.607. The first-order chi connectivity index (χ1) is 5.20. The summed E-state index contributed by atoms with van der Waals surface area (Å²) in [6.07, 6.45) is 8.34. The average molecular weight is 151 g/mol. The third kappa shape index (κ3) is 5.23. The van der Waals surface area contributed by atoms with Crippen molar-refractivity contribution in [3.8, 4) is 12.3 Å². The van der Waals surface area contributed by atoms with Gasteiger partial charge in [-0.3, -0.25) is 4.79 Å². The summed E-state index contributed by atoms with van der Waals surface area (Å²) in [5, 5.41) is 2.69. The summed E-state index contributed by atoms with van der Waals surface area (Å²) in [6.45, 7) is 3.36. The number of hydrogen-bond donors (Lipinski definition) is 1. The molecule has 1 amide bonds. The maximum absolute atomic E-state index is 10.6. The Labute approximate surface area is 67.7 Å². The Morgan fingerprint density at radius 3 is 2.73 bits per heavy atom. The van der Waals surface area contributed by atoms with Crippen molar-refractivity contribution in [3.05, 3.63) is 11.8 Å². The van der Waals surface area contributed by atoms with E-state index < -0.39 is 0 Å². The monoisotopic (exact) mass is 151 g/mol. The summed E-state index contributed by atoms with van der Waals surface area (Å²) in [7, 11) is 0. The zero-order valence-electron chi connectivity index (χ0n) is 6.98. The van der Waals surface area contributed by atoms with E-state index in [1.807, 2.05) is 13.0 Å². The minimum Gasteiger partial charge on any atom is -0.330 e. The van der Waals surface area contributed by atoms with E-state index in [1.165, 1.54) is 6.92 Å². The Balaban J connectivity index is 3.80. The zero-order chi connectivity index (χ0) is 8.69. The van der Waals surface area contributed by atoms with Gasteiger partial charge in [-0.05, 0) is 13.3 Å². The van der Waals surface area contributed by atoms with Gasteiger partial charge in [0, 0.05) is 19.0 Å². The number of allylic oxidation sites excluding steroid dienone is 2. The Morgan fingerprint density at radius 2 is 2.36 bits per heavy atom. The van der Waals surface area contributed by atoms with Gasteiger partial charge in [-0.2, -0.15) is 0 Å². The van der Waals surface area contributed by atoms with Crippen molar-refractivity contribution in [2.24, 2.45) is 0 Å². The molecule has 0 saturated carbocycles. The lowest BCUT2D eigenvalue weighted by Gasteiger charge is -2.03. The van der Waals surface area contributed by atoms with Gasteiger partial charge in [-0.15, -0.1) is 12.3 Å². The van der Waals surface area contributed by atoms with Gasteiger partial charge in [0.25, 0.3) is 0 Å². The second-order valence-corrected chi connectivity index (χ2v) is 2.20. The van der Waals surface area contributed by atoms with Crippen LogP contribution >= 0.6 is 0 Å². The van der Waals surface area contributed by atoms with Gasteiger partial charge in [0.05, 0.1) is 0 Å². The highest BCUT2D eigenvalue weighted by atomic mass is 16.1. The summed E-state index contributed by atoms with van der Waals surface area (Å²) >= 11 is 0. The number of hydrogen-bond acceptors (Lipinski definition) is 1.